The van der Waals surface area contributed by atoms with Crippen LogP contribution in [0.2, 0.25) is 0 Å². The van der Waals surface area contributed by atoms with Crippen molar-refractivity contribution in [3.8, 4) is 0 Å². The fourth-order valence-electron chi connectivity index (χ4n) is 2.00. The van der Waals surface area contributed by atoms with Crippen molar-refractivity contribution in [2.45, 2.75) is 52.4 Å². The van der Waals surface area contributed by atoms with Crippen LogP contribution in [-0.4, -0.2) is 34.0 Å². The third kappa shape index (κ3) is 6.09. The van der Waals surface area contributed by atoms with Gasteiger partial charge in [-0.1, -0.05) is 6.42 Å². The molecule has 0 fully saturated rings. The van der Waals surface area contributed by atoms with E-state index in [0.717, 1.165) is 23.8 Å². The molecule has 8 nitrogen and oxygen atoms in total. The van der Waals surface area contributed by atoms with Crippen molar-refractivity contribution in [1.29, 1.82) is 0 Å². The number of ether oxygens (including phenoxy) is 2. The Morgan fingerprint density at radius 2 is 1.52 bits per heavy atom. The zero-order chi connectivity index (χ0) is 15.7. The van der Waals surface area contributed by atoms with Gasteiger partial charge in [-0.2, -0.15) is 0 Å². The fraction of sp³-hybridized carbons (Fsp3) is 0.769. The monoisotopic (exact) mass is 301 g/mol. The maximum atomic E-state index is 11.5. The Bertz CT molecular complexity index is 534. The lowest BCUT2D eigenvalue weighted by atomic mass is 10.2. The molecule has 21 heavy (non-hydrogen) atoms. The van der Waals surface area contributed by atoms with Crippen LogP contribution in [0.15, 0.2) is 14.4 Å². The van der Waals surface area contributed by atoms with Crippen LogP contribution < -0.4 is 17.1 Å². The molecule has 0 aliphatic heterocycles. The Kier molecular flexibility index (Phi) is 7.70. The predicted molar refractivity (Wildman–Crippen MR) is 77.5 cm³/mol. The maximum absolute atomic E-state index is 11.5. The normalized spacial score (nSPS) is 11.2. The highest BCUT2D eigenvalue weighted by molar-refractivity contribution is 4.69. The summed E-state index contributed by atoms with van der Waals surface area (Å²) >= 11 is 0. The number of hydrogen-bond donors (Lipinski definition) is 2. The summed E-state index contributed by atoms with van der Waals surface area (Å²) in [6.45, 7) is 5.32. The Labute approximate surface area is 122 Å². The van der Waals surface area contributed by atoms with Gasteiger partial charge in [0.15, 0.2) is 6.29 Å². The quantitative estimate of drug-likeness (QED) is 0.474. The standard InChI is InChI=1S/C13H23N3O5/c1-3-20-10(21-4-2)8-6-5-7-9-16-12(18)14-11(17)15-13(16)19/h10H,3-9H2,1-2H3,(H2,14,15,17,18,19). The number of nitrogens with one attached hydrogen (secondary N) is 2. The van der Waals surface area contributed by atoms with Crippen LogP contribution in [0.3, 0.4) is 0 Å². The summed E-state index contributed by atoms with van der Waals surface area (Å²) in [5.41, 5.74) is -2.13. The van der Waals surface area contributed by atoms with Gasteiger partial charge in [0.05, 0.1) is 0 Å². The van der Waals surface area contributed by atoms with Crippen molar-refractivity contribution < 1.29 is 9.47 Å². The molecule has 2 N–H and O–H groups in total. The van der Waals surface area contributed by atoms with Gasteiger partial charge in [-0.05, 0) is 33.1 Å². The van der Waals surface area contributed by atoms with Gasteiger partial charge in [0.25, 0.3) is 0 Å². The Morgan fingerprint density at radius 1 is 0.952 bits per heavy atom. The van der Waals surface area contributed by atoms with Gasteiger partial charge in [0.1, 0.15) is 0 Å². The maximum Gasteiger partial charge on any atom is 0.333 e. The molecule has 0 aromatic carbocycles. The highest BCUT2D eigenvalue weighted by Crippen LogP contribution is 2.08. The summed E-state index contributed by atoms with van der Waals surface area (Å²) in [5.74, 6) is 0. The number of rotatable bonds is 10. The summed E-state index contributed by atoms with van der Waals surface area (Å²) < 4.78 is 11.8. The molecule has 0 radical (unpaired) electrons. The van der Waals surface area contributed by atoms with Crippen molar-refractivity contribution in [1.82, 2.24) is 14.5 Å². The van der Waals surface area contributed by atoms with E-state index in [1.807, 2.05) is 23.8 Å². The third-order valence-corrected chi connectivity index (χ3v) is 2.96. The lowest BCUT2D eigenvalue weighted by Gasteiger charge is -2.16. The minimum absolute atomic E-state index is 0.195. The van der Waals surface area contributed by atoms with Crippen molar-refractivity contribution in [3.05, 3.63) is 31.5 Å². The molecule has 1 aromatic heterocycles. The van der Waals surface area contributed by atoms with Crippen LogP contribution in [0.25, 0.3) is 0 Å². The van der Waals surface area contributed by atoms with Crippen molar-refractivity contribution >= 4 is 0 Å². The van der Waals surface area contributed by atoms with E-state index < -0.39 is 17.1 Å². The third-order valence-electron chi connectivity index (χ3n) is 2.96. The van der Waals surface area contributed by atoms with Gasteiger partial charge in [-0.15, -0.1) is 0 Å². The molecule has 0 atom stereocenters. The second-order valence-electron chi connectivity index (χ2n) is 4.53. The smallest absolute Gasteiger partial charge is 0.333 e. The first-order valence-corrected chi connectivity index (χ1v) is 7.25. The van der Waals surface area contributed by atoms with Gasteiger partial charge < -0.3 is 9.47 Å². The topological polar surface area (TPSA) is 106 Å². The molecular formula is C13H23N3O5. The molecule has 0 aliphatic rings. The van der Waals surface area contributed by atoms with Crippen molar-refractivity contribution in [2.75, 3.05) is 13.2 Å². The summed E-state index contributed by atoms with van der Waals surface area (Å²) in [6, 6.07) is 0. The Morgan fingerprint density at radius 3 is 2.05 bits per heavy atom. The Hall–Kier alpha value is -1.67. The molecule has 0 unspecified atom stereocenters. The van der Waals surface area contributed by atoms with Gasteiger partial charge in [0.2, 0.25) is 0 Å². The minimum Gasteiger partial charge on any atom is -0.353 e. The largest absolute Gasteiger partial charge is 0.353 e. The SMILES string of the molecule is CCOC(CCCCCn1c(=O)[nH]c(=O)[nH]c1=O)OCC. The first-order valence-electron chi connectivity index (χ1n) is 7.25. The summed E-state index contributed by atoms with van der Waals surface area (Å²) in [5, 5.41) is 0. The second kappa shape index (κ2) is 9.30. The second-order valence-corrected chi connectivity index (χ2v) is 4.53. The molecule has 120 valence electrons. The lowest BCUT2D eigenvalue weighted by Crippen LogP contribution is -2.43. The van der Waals surface area contributed by atoms with E-state index in [4.69, 9.17) is 9.47 Å². The molecule has 1 rings (SSSR count). The molecule has 1 heterocycles. The molecule has 0 aliphatic carbocycles. The number of aromatic nitrogens is 3. The zero-order valence-electron chi connectivity index (χ0n) is 12.5. The summed E-state index contributed by atoms with van der Waals surface area (Å²) in [4.78, 5) is 37.8. The van der Waals surface area contributed by atoms with E-state index in [0.29, 0.717) is 19.6 Å². The molecule has 0 amide bonds. The van der Waals surface area contributed by atoms with Crippen LogP contribution in [0.1, 0.15) is 39.5 Å². The minimum atomic E-state index is -0.780. The van der Waals surface area contributed by atoms with E-state index in [9.17, 15) is 14.4 Å². The molecule has 0 saturated carbocycles. The van der Waals surface area contributed by atoms with Gasteiger partial charge in [0, 0.05) is 19.8 Å². The fourth-order valence-corrected chi connectivity index (χ4v) is 2.00. The van der Waals surface area contributed by atoms with Crippen LogP contribution in [-0.2, 0) is 16.0 Å². The van der Waals surface area contributed by atoms with Crippen molar-refractivity contribution in [3.63, 3.8) is 0 Å². The number of nitrogens with zero attached hydrogens (tertiary/aromatic N) is 1. The van der Waals surface area contributed by atoms with Crippen LogP contribution >= 0.6 is 0 Å². The number of unbranched alkanes of at least 4 members (excludes halogenated alkanes) is 2. The Balaban J connectivity index is 2.36. The number of hydrogen-bond acceptors (Lipinski definition) is 5. The molecule has 0 spiro atoms. The number of H-pyrrole nitrogens is 2. The molecule has 0 saturated heterocycles. The molecular weight excluding hydrogens is 278 g/mol. The van der Waals surface area contributed by atoms with Crippen LogP contribution in [0.4, 0.5) is 0 Å². The van der Waals surface area contributed by atoms with Gasteiger partial charge in [-0.3, -0.25) is 9.97 Å². The van der Waals surface area contributed by atoms with E-state index >= 15 is 0 Å². The highest BCUT2D eigenvalue weighted by atomic mass is 16.7. The van der Waals surface area contributed by atoms with Crippen LogP contribution in [0.5, 0.6) is 0 Å². The first-order chi connectivity index (χ1) is 10.1. The molecule has 8 heteroatoms. The van der Waals surface area contributed by atoms with E-state index in [1.165, 1.54) is 0 Å². The lowest BCUT2D eigenvalue weighted by molar-refractivity contribution is -0.140. The summed E-state index contributed by atoms with van der Waals surface area (Å²) in [7, 11) is 0. The number of aromatic amines is 2. The van der Waals surface area contributed by atoms with Gasteiger partial charge in [-0.25, -0.2) is 19.0 Å². The van der Waals surface area contributed by atoms with E-state index in [2.05, 4.69) is 0 Å². The zero-order valence-corrected chi connectivity index (χ0v) is 12.5. The predicted octanol–water partition coefficient (Wildman–Crippen LogP) is 0.184. The first kappa shape index (κ1) is 17.4. The van der Waals surface area contributed by atoms with Gasteiger partial charge >= 0.3 is 17.1 Å². The van der Waals surface area contributed by atoms with E-state index in [-0.39, 0.29) is 12.8 Å². The summed E-state index contributed by atoms with van der Waals surface area (Å²) in [6.07, 6.45) is 2.96. The average Bonchev–Trinajstić information content (AvgIpc) is 2.41. The van der Waals surface area contributed by atoms with Crippen LogP contribution in [0, 0.1) is 0 Å². The molecule has 1 aromatic rings. The highest BCUT2D eigenvalue weighted by Gasteiger charge is 2.07. The average molecular weight is 301 g/mol. The van der Waals surface area contributed by atoms with E-state index in [1.54, 1.807) is 0 Å². The van der Waals surface area contributed by atoms with Crippen molar-refractivity contribution in [2.24, 2.45) is 0 Å². The molecule has 0 bridgehead atoms.